The smallest absolute Gasteiger partial charge is 0.251 e. The average molecular weight is 380 g/mol. The number of nitrogens with zero attached hydrogens (tertiary/aromatic N) is 3. The number of hydrogen-bond donors (Lipinski definition) is 1. The van der Waals surface area contributed by atoms with Crippen LogP contribution in [-0.2, 0) is 6.54 Å². The van der Waals surface area contributed by atoms with Gasteiger partial charge >= 0.3 is 0 Å². The number of aryl methyl sites for hydroxylation is 1. The summed E-state index contributed by atoms with van der Waals surface area (Å²) in [5.41, 5.74) is 3.20. The first-order chi connectivity index (χ1) is 13.6. The summed E-state index contributed by atoms with van der Waals surface area (Å²) in [6, 6.07) is 11.2. The van der Waals surface area contributed by atoms with E-state index in [0.717, 1.165) is 34.6 Å². The van der Waals surface area contributed by atoms with Crippen molar-refractivity contribution in [3.8, 4) is 11.5 Å². The van der Waals surface area contributed by atoms with Crippen LogP contribution in [0.3, 0.4) is 0 Å². The third-order valence-electron chi connectivity index (χ3n) is 4.95. The Morgan fingerprint density at radius 3 is 2.68 bits per heavy atom. The minimum Gasteiger partial charge on any atom is -0.486 e. The zero-order valence-corrected chi connectivity index (χ0v) is 16.3. The highest BCUT2D eigenvalue weighted by Gasteiger charge is 2.22. The Hall–Kier alpha value is -3.09. The Balaban J connectivity index is 1.58. The largest absolute Gasteiger partial charge is 0.486 e. The van der Waals surface area contributed by atoms with Gasteiger partial charge in [-0.3, -0.25) is 4.79 Å². The van der Waals surface area contributed by atoms with Crippen LogP contribution in [0.4, 0.5) is 0 Å². The van der Waals surface area contributed by atoms with Crippen molar-refractivity contribution in [2.24, 2.45) is 5.92 Å². The molecule has 4 rings (SSSR count). The van der Waals surface area contributed by atoms with Crippen LogP contribution in [0.1, 0.15) is 42.7 Å². The van der Waals surface area contributed by atoms with E-state index in [1.54, 1.807) is 6.07 Å². The van der Waals surface area contributed by atoms with Crippen molar-refractivity contribution in [1.82, 2.24) is 20.3 Å². The van der Waals surface area contributed by atoms with E-state index in [0.29, 0.717) is 18.8 Å². The summed E-state index contributed by atoms with van der Waals surface area (Å²) in [6.45, 7) is 8.00. The van der Waals surface area contributed by atoms with Gasteiger partial charge in [-0.2, -0.15) is 0 Å². The number of fused-ring (bicyclic) bond motifs is 2. The maximum atomic E-state index is 12.9. The van der Waals surface area contributed by atoms with Gasteiger partial charge in [0.15, 0.2) is 11.5 Å². The predicted molar refractivity (Wildman–Crippen MR) is 106 cm³/mol. The van der Waals surface area contributed by atoms with Crippen LogP contribution in [0, 0.1) is 5.92 Å². The summed E-state index contributed by atoms with van der Waals surface area (Å²) >= 11 is 0. The van der Waals surface area contributed by atoms with Crippen molar-refractivity contribution in [1.29, 1.82) is 0 Å². The third kappa shape index (κ3) is 3.40. The van der Waals surface area contributed by atoms with E-state index >= 15 is 0 Å². The summed E-state index contributed by atoms with van der Waals surface area (Å²) in [7, 11) is 0. The van der Waals surface area contributed by atoms with Gasteiger partial charge in [0, 0.05) is 12.1 Å². The quantitative estimate of drug-likeness (QED) is 0.734. The highest BCUT2D eigenvalue weighted by atomic mass is 16.6. The number of carbonyl (C=O) groups excluding carboxylic acids is 1. The summed E-state index contributed by atoms with van der Waals surface area (Å²) < 4.78 is 13.1. The number of nitrogens with one attached hydrogen (secondary N) is 1. The predicted octanol–water partition coefficient (Wildman–Crippen LogP) is 3.35. The molecule has 2 aromatic carbocycles. The van der Waals surface area contributed by atoms with E-state index < -0.39 is 0 Å². The van der Waals surface area contributed by atoms with Crippen LogP contribution >= 0.6 is 0 Å². The standard InChI is InChI=1S/C21H24N4O3/c1-4-25-17-7-5-15(11-16(17)23-24-25)21(26)22-20(13(2)3)14-6-8-18-19(12-14)28-10-9-27-18/h5-8,11-13,20H,4,9-10H2,1-3H3,(H,22,26)/t20-/m0/s1. The number of benzene rings is 2. The van der Waals surface area contributed by atoms with Crippen LogP contribution in [0.25, 0.3) is 11.0 Å². The van der Waals surface area contributed by atoms with Crippen LogP contribution < -0.4 is 14.8 Å². The molecular formula is C21H24N4O3. The number of rotatable bonds is 5. The lowest BCUT2D eigenvalue weighted by atomic mass is 9.95. The van der Waals surface area contributed by atoms with Crippen molar-refractivity contribution in [2.45, 2.75) is 33.4 Å². The van der Waals surface area contributed by atoms with E-state index in [9.17, 15) is 4.79 Å². The molecule has 7 nitrogen and oxygen atoms in total. The van der Waals surface area contributed by atoms with Gasteiger partial charge in [0.2, 0.25) is 0 Å². The van der Waals surface area contributed by atoms with Crippen LogP contribution in [0.2, 0.25) is 0 Å². The maximum Gasteiger partial charge on any atom is 0.251 e. The van der Waals surface area contributed by atoms with Crippen molar-refractivity contribution < 1.29 is 14.3 Å². The summed E-state index contributed by atoms with van der Waals surface area (Å²) in [6.07, 6.45) is 0. The summed E-state index contributed by atoms with van der Waals surface area (Å²) in [5.74, 6) is 1.53. The second kappa shape index (κ2) is 7.50. The molecule has 0 spiro atoms. The van der Waals surface area contributed by atoms with Crippen LogP contribution in [0.5, 0.6) is 11.5 Å². The van der Waals surface area contributed by atoms with Gasteiger partial charge in [0.05, 0.1) is 11.6 Å². The Labute approximate surface area is 163 Å². The van der Waals surface area contributed by atoms with E-state index in [4.69, 9.17) is 9.47 Å². The van der Waals surface area contributed by atoms with Gasteiger partial charge < -0.3 is 14.8 Å². The lowest BCUT2D eigenvalue weighted by Crippen LogP contribution is -2.32. The van der Waals surface area contributed by atoms with E-state index in [1.165, 1.54) is 0 Å². The van der Waals surface area contributed by atoms with Gasteiger partial charge in [-0.1, -0.05) is 25.1 Å². The molecule has 146 valence electrons. The van der Waals surface area contributed by atoms with Crippen molar-refractivity contribution in [2.75, 3.05) is 13.2 Å². The molecule has 1 aliphatic heterocycles. The second-order valence-corrected chi connectivity index (χ2v) is 7.21. The topological polar surface area (TPSA) is 78.3 Å². The van der Waals surface area contributed by atoms with Gasteiger partial charge in [-0.25, -0.2) is 4.68 Å². The van der Waals surface area contributed by atoms with Crippen LogP contribution in [-0.4, -0.2) is 34.1 Å². The minimum atomic E-state index is -0.148. The molecule has 7 heteroatoms. The highest BCUT2D eigenvalue weighted by molar-refractivity contribution is 5.97. The molecule has 1 atom stereocenters. The molecule has 1 aliphatic rings. The number of amides is 1. The van der Waals surface area contributed by atoms with Crippen molar-refractivity contribution in [3.63, 3.8) is 0 Å². The normalized spacial score (nSPS) is 14.3. The zero-order chi connectivity index (χ0) is 19.7. The van der Waals surface area contributed by atoms with Gasteiger partial charge in [-0.15, -0.1) is 5.10 Å². The first-order valence-corrected chi connectivity index (χ1v) is 9.60. The Bertz CT molecular complexity index is 1010. The Morgan fingerprint density at radius 1 is 1.14 bits per heavy atom. The van der Waals surface area contributed by atoms with Gasteiger partial charge in [0.25, 0.3) is 5.91 Å². The number of carbonyl (C=O) groups is 1. The van der Waals surface area contributed by atoms with Crippen LogP contribution in [0.15, 0.2) is 36.4 Å². The van der Waals surface area contributed by atoms with Crippen molar-refractivity contribution in [3.05, 3.63) is 47.5 Å². The molecule has 0 unspecified atom stereocenters. The molecule has 3 aromatic rings. The lowest BCUT2D eigenvalue weighted by molar-refractivity contribution is 0.0925. The monoisotopic (exact) mass is 380 g/mol. The fourth-order valence-electron chi connectivity index (χ4n) is 3.46. The van der Waals surface area contributed by atoms with Gasteiger partial charge in [-0.05, 0) is 48.7 Å². The minimum absolute atomic E-state index is 0.137. The first kappa shape index (κ1) is 18.3. The molecule has 1 aromatic heterocycles. The fourth-order valence-corrected chi connectivity index (χ4v) is 3.46. The second-order valence-electron chi connectivity index (χ2n) is 7.21. The molecule has 0 radical (unpaired) electrons. The lowest BCUT2D eigenvalue weighted by Gasteiger charge is -2.25. The van der Waals surface area contributed by atoms with E-state index in [2.05, 4.69) is 29.5 Å². The van der Waals surface area contributed by atoms with Gasteiger partial charge in [0.1, 0.15) is 18.7 Å². The summed E-state index contributed by atoms with van der Waals surface area (Å²) in [5, 5.41) is 11.4. The average Bonchev–Trinajstić information content (AvgIpc) is 3.13. The molecule has 0 aliphatic carbocycles. The molecule has 0 fully saturated rings. The SMILES string of the molecule is CCn1nnc2cc(C(=O)N[C@H](c3ccc4c(c3)OCCO4)C(C)C)ccc21. The molecule has 28 heavy (non-hydrogen) atoms. The molecule has 0 bridgehead atoms. The zero-order valence-electron chi connectivity index (χ0n) is 16.3. The molecule has 0 saturated heterocycles. The molecule has 1 amide bonds. The Morgan fingerprint density at radius 2 is 1.93 bits per heavy atom. The third-order valence-corrected chi connectivity index (χ3v) is 4.95. The molecular weight excluding hydrogens is 356 g/mol. The number of aromatic nitrogens is 3. The molecule has 1 N–H and O–H groups in total. The van der Waals surface area contributed by atoms with Crippen molar-refractivity contribution >= 4 is 16.9 Å². The molecule has 0 saturated carbocycles. The maximum absolute atomic E-state index is 12.9. The Kier molecular flexibility index (Phi) is 4.90. The van der Waals surface area contributed by atoms with E-state index in [-0.39, 0.29) is 17.9 Å². The fraction of sp³-hybridized carbons (Fsp3) is 0.381. The molecule has 2 heterocycles. The number of hydrogen-bond acceptors (Lipinski definition) is 5. The van der Waals surface area contributed by atoms with E-state index in [1.807, 2.05) is 41.9 Å². The highest BCUT2D eigenvalue weighted by Crippen LogP contribution is 2.34. The summed E-state index contributed by atoms with van der Waals surface area (Å²) in [4.78, 5) is 12.9. The first-order valence-electron chi connectivity index (χ1n) is 9.60. The number of ether oxygens (including phenoxy) is 2.